The molecule has 0 saturated carbocycles. The average molecular weight is 277 g/mol. The van der Waals surface area contributed by atoms with E-state index < -0.39 is 10.0 Å². The molecule has 1 aromatic heterocycles. The number of carbonyl (C=O) groups is 1. The van der Waals surface area contributed by atoms with Gasteiger partial charge in [0.15, 0.2) is 12.0 Å². The number of anilines is 1. The Hall–Kier alpha value is -2.08. The Balaban J connectivity index is 2.05. The van der Waals surface area contributed by atoms with E-state index in [1.165, 1.54) is 16.4 Å². The molecule has 0 atom stereocenters. The van der Waals surface area contributed by atoms with Gasteiger partial charge in [-0.1, -0.05) is 18.2 Å². The second-order valence-electron chi connectivity index (χ2n) is 4.23. The molecule has 0 unspecified atom stereocenters. The summed E-state index contributed by atoms with van der Waals surface area (Å²) >= 11 is 0. The van der Waals surface area contributed by atoms with Crippen LogP contribution in [0.5, 0.6) is 0 Å². The first-order valence-corrected chi connectivity index (χ1v) is 7.22. The van der Waals surface area contributed by atoms with Crippen LogP contribution in [0.4, 0.5) is 5.69 Å². The highest BCUT2D eigenvalue weighted by Crippen LogP contribution is 2.32. The number of fused-ring (bicyclic) bond motifs is 1. The van der Waals surface area contributed by atoms with E-state index in [1.807, 2.05) is 12.1 Å². The van der Waals surface area contributed by atoms with Gasteiger partial charge in [-0.3, -0.25) is 9.10 Å². The molecule has 0 radical (unpaired) electrons. The Labute approximate surface area is 110 Å². The zero-order chi connectivity index (χ0) is 13.5. The summed E-state index contributed by atoms with van der Waals surface area (Å²) in [5.74, 6) is 0.00561. The molecule has 2 heterocycles. The summed E-state index contributed by atoms with van der Waals surface area (Å²) in [6.45, 7) is 0.388. The molecule has 0 spiro atoms. The molecular weight excluding hydrogens is 266 g/mol. The molecular formula is C13H11NO4S. The minimum Gasteiger partial charge on any atom is -0.440 e. The van der Waals surface area contributed by atoms with Crippen LogP contribution in [0.2, 0.25) is 0 Å². The summed E-state index contributed by atoms with van der Waals surface area (Å²) < 4.78 is 31.2. The van der Waals surface area contributed by atoms with Crippen molar-refractivity contribution in [1.29, 1.82) is 0 Å². The molecule has 1 aliphatic heterocycles. The van der Waals surface area contributed by atoms with Gasteiger partial charge in [0, 0.05) is 6.54 Å². The fourth-order valence-corrected chi connectivity index (χ4v) is 3.63. The Morgan fingerprint density at radius 2 is 1.95 bits per heavy atom. The molecule has 0 N–H and O–H groups in total. The van der Waals surface area contributed by atoms with Crippen LogP contribution >= 0.6 is 0 Å². The average Bonchev–Trinajstić information content (AvgIpc) is 3.06. The Kier molecular flexibility index (Phi) is 2.67. The molecule has 1 aliphatic rings. The van der Waals surface area contributed by atoms with Gasteiger partial charge in [-0.25, -0.2) is 0 Å². The first kappa shape index (κ1) is 12.0. The fraction of sp³-hybridized carbons (Fsp3) is 0.154. The quantitative estimate of drug-likeness (QED) is 0.803. The molecule has 2 aromatic rings. The van der Waals surface area contributed by atoms with Gasteiger partial charge < -0.3 is 4.42 Å². The van der Waals surface area contributed by atoms with Crippen LogP contribution in [0.15, 0.2) is 45.9 Å². The highest BCUT2D eigenvalue weighted by Gasteiger charge is 2.32. The molecule has 0 fully saturated rings. The fourth-order valence-electron chi connectivity index (χ4n) is 2.20. The molecule has 5 nitrogen and oxygen atoms in total. The first-order valence-electron chi connectivity index (χ1n) is 5.78. The molecule has 3 rings (SSSR count). The number of benzene rings is 1. The lowest BCUT2D eigenvalue weighted by Gasteiger charge is -2.17. The summed E-state index contributed by atoms with van der Waals surface area (Å²) in [5.41, 5.74) is 1.67. The molecule has 6 heteroatoms. The molecule has 0 amide bonds. The highest BCUT2D eigenvalue weighted by atomic mass is 32.2. The van der Waals surface area contributed by atoms with Crippen molar-refractivity contribution in [3.05, 3.63) is 47.7 Å². The smallest absolute Gasteiger partial charge is 0.297 e. The van der Waals surface area contributed by atoms with Gasteiger partial charge in [-0.15, -0.1) is 0 Å². The van der Waals surface area contributed by atoms with E-state index in [0.717, 1.165) is 5.56 Å². The van der Waals surface area contributed by atoms with Gasteiger partial charge in [0.25, 0.3) is 10.0 Å². The molecule has 19 heavy (non-hydrogen) atoms. The van der Waals surface area contributed by atoms with E-state index in [-0.39, 0.29) is 10.9 Å². The highest BCUT2D eigenvalue weighted by molar-refractivity contribution is 7.92. The van der Waals surface area contributed by atoms with E-state index >= 15 is 0 Å². The number of hydrogen-bond acceptors (Lipinski definition) is 4. The molecule has 98 valence electrons. The monoisotopic (exact) mass is 277 g/mol. The minimum absolute atomic E-state index is 0.00561. The number of rotatable bonds is 3. The minimum atomic E-state index is -3.73. The summed E-state index contributed by atoms with van der Waals surface area (Å²) in [6, 6.07) is 10.0. The molecule has 1 aromatic carbocycles. The van der Waals surface area contributed by atoms with Crippen molar-refractivity contribution in [3.8, 4) is 0 Å². The van der Waals surface area contributed by atoms with Crippen molar-refractivity contribution in [2.75, 3.05) is 10.8 Å². The van der Waals surface area contributed by atoms with Crippen molar-refractivity contribution in [2.45, 2.75) is 11.5 Å². The van der Waals surface area contributed by atoms with Crippen molar-refractivity contribution < 1.29 is 17.6 Å². The van der Waals surface area contributed by atoms with Crippen LogP contribution in [-0.2, 0) is 16.4 Å². The Morgan fingerprint density at radius 1 is 1.16 bits per heavy atom. The third kappa shape index (κ3) is 1.84. The lowest BCUT2D eigenvalue weighted by Crippen LogP contribution is -2.28. The van der Waals surface area contributed by atoms with Crippen molar-refractivity contribution in [1.82, 2.24) is 0 Å². The van der Waals surface area contributed by atoms with Crippen LogP contribution in [0.3, 0.4) is 0 Å². The SMILES string of the molecule is O=Cc1ccc(S(=O)(=O)N2CCc3ccccc32)o1. The topological polar surface area (TPSA) is 67.6 Å². The molecule has 0 saturated heterocycles. The van der Waals surface area contributed by atoms with E-state index in [0.29, 0.717) is 24.9 Å². The molecule has 0 bridgehead atoms. The summed E-state index contributed by atoms with van der Waals surface area (Å²) in [5, 5.41) is -0.202. The van der Waals surface area contributed by atoms with Crippen LogP contribution in [0, 0.1) is 0 Å². The largest absolute Gasteiger partial charge is 0.440 e. The standard InChI is InChI=1S/C13H11NO4S/c15-9-11-5-6-13(18-11)19(16,17)14-8-7-10-3-1-2-4-12(10)14/h1-6,9H,7-8H2. The van der Waals surface area contributed by atoms with Crippen LogP contribution in [0.25, 0.3) is 0 Å². The van der Waals surface area contributed by atoms with Gasteiger partial charge in [0.1, 0.15) is 0 Å². The number of furan rings is 1. The van der Waals surface area contributed by atoms with Gasteiger partial charge in [-0.05, 0) is 30.2 Å². The van der Waals surface area contributed by atoms with Crippen molar-refractivity contribution in [2.24, 2.45) is 0 Å². The lowest BCUT2D eigenvalue weighted by atomic mass is 10.2. The number of hydrogen-bond donors (Lipinski definition) is 0. The van der Waals surface area contributed by atoms with E-state index in [9.17, 15) is 13.2 Å². The van der Waals surface area contributed by atoms with Crippen molar-refractivity contribution >= 4 is 22.0 Å². The lowest BCUT2D eigenvalue weighted by molar-refractivity contribution is 0.109. The zero-order valence-corrected chi connectivity index (χ0v) is 10.8. The Bertz CT molecular complexity index is 733. The second-order valence-corrected chi connectivity index (χ2v) is 6.02. The third-order valence-corrected chi connectivity index (χ3v) is 4.79. The normalized spacial score (nSPS) is 14.4. The van der Waals surface area contributed by atoms with Gasteiger partial charge in [-0.2, -0.15) is 8.42 Å². The van der Waals surface area contributed by atoms with Gasteiger partial charge >= 0.3 is 0 Å². The number of carbonyl (C=O) groups excluding carboxylic acids is 1. The van der Waals surface area contributed by atoms with Gasteiger partial charge in [0.05, 0.1) is 5.69 Å². The third-order valence-electron chi connectivity index (χ3n) is 3.11. The maximum Gasteiger partial charge on any atom is 0.297 e. The van der Waals surface area contributed by atoms with Gasteiger partial charge in [0.2, 0.25) is 5.09 Å². The van der Waals surface area contributed by atoms with Crippen LogP contribution < -0.4 is 4.31 Å². The zero-order valence-electron chi connectivity index (χ0n) is 9.94. The predicted molar refractivity (Wildman–Crippen MR) is 68.8 cm³/mol. The van der Waals surface area contributed by atoms with Crippen molar-refractivity contribution in [3.63, 3.8) is 0 Å². The van der Waals surface area contributed by atoms with E-state index in [2.05, 4.69) is 0 Å². The number of para-hydroxylation sites is 1. The number of aldehydes is 1. The maximum absolute atomic E-state index is 12.4. The first-order chi connectivity index (χ1) is 9.13. The summed E-state index contributed by atoms with van der Waals surface area (Å²) in [6.07, 6.45) is 1.16. The summed E-state index contributed by atoms with van der Waals surface area (Å²) in [7, 11) is -3.73. The number of sulfonamides is 1. The van der Waals surface area contributed by atoms with Crippen LogP contribution in [-0.4, -0.2) is 21.2 Å². The van der Waals surface area contributed by atoms with E-state index in [4.69, 9.17) is 4.42 Å². The Morgan fingerprint density at radius 3 is 2.68 bits per heavy atom. The maximum atomic E-state index is 12.4. The summed E-state index contributed by atoms with van der Waals surface area (Å²) in [4.78, 5) is 10.6. The van der Waals surface area contributed by atoms with E-state index in [1.54, 1.807) is 12.1 Å². The molecule has 0 aliphatic carbocycles. The number of nitrogens with zero attached hydrogens (tertiary/aromatic N) is 1. The second kappa shape index (κ2) is 4.24. The predicted octanol–water partition coefficient (Wildman–Crippen LogP) is 1.84. The van der Waals surface area contributed by atoms with Crippen LogP contribution in [0.1, 0.15) is 16.1 Å².